The van der Waals surface area contributed by atoms with Crippen LogP contribution in [0.3, 0.4) is 0 Å². The van der Waals surface area contributed by atoms with Crippen molar-refractivity contribution in [3.8, 4) is 0 Å². The van der Waals surface area contributed by atoms with E-state index in [2.05, 4.69) is 32.7 Å². The summed E-state index contributed by atoms with van der Waals surface area (Å²) in [4.78, 5) is 0. The molecule has 0 amide bonds. The minimum Gasteiger partial charge on any atom is -0.308 e. The normalized spacial score (nSPS) is 41.5. The van der Waals surface area contributed by atoms with Crippen LogP contribution in [0.5, 0.6) is 0 Å². The summed E-state index contributed by atoms with van der Waals surface area (Å²) in [6, 6.07) is 0. The number of hydrogen-bond acceptors (Lipinski definition) is 1. The number of nitrogens with one attached hydrogen (secondary N) is 1. The van der Waals surface area contributed by atoms with E-state index in [-0.39, 0.29) is 0 Å². The zero-order valence-corrected chi connectivity index (χ0v) is 9.11. The van der Waals surface area contributed by atoms with Gasteiger partial charge in [-0.2, -0.15) is 0 Å². The molecule has 0 heterocycles. The van der Waals surface area contributed by atoms with Crippen LogP contribution in [0.25, 0.3) is 0 Å². The second-order valence-corrected chi connectivity index (χ2v) is 5.25. The first-order valence-electron chi connectivity index (χ1n) is 5.48. The lowest BCUT2D eigenvalue weighted by molar-refractivity contribution is 0.277. The summed E-state index contributed by atoms with van der Waals surface area (Å²) in [6.07, 6.45) is 4.03. The van der Waals surface area contributed by atoms with Crippen LogP contribution in [0.1, 0.15) is 40.0 Å². The largest absolute Gasteiger partial charge is 0.308 e. The highest BCUT2D eigenvalue weighted by Crippen LogP contribution is 2.60. The lowest BCUT2D eigenvalue weighted by Crippen LogP contribution is -2.45. The summed E-state index contributed by atoms with van der Waals surface area (Å²) in [5, 5.41) is 3.66. The number of likely N-dealkylation sites (N-methyl/N-ethyl adjacent to an activating group) is 1. The highest BCUT2D eigenvalue weighted by Gasteiger charge is 2.56. The van der Waals surface area contributed by atoms with E-state index in [4.69, 9.17) is 0 Å². The van der Waals surface area contributed by atoms with Crippen molar-refractivity contribution in [2.75, 3.05) is 6.54 Å². The van der Waals surface area contributed by atoms with Crippen molar-refractivity contribution in [3.05, 3.63) is 12.2 Å². The molecule has 1 N–H and O–H groups in total. The standard InChI is InChI=1S/C12H21N/c1-5-13-12-7-6-10(8-12)11(3,4)9(12)2/h10,13H,2,5-8H2,1,3-4H3/t10-,12-/m1/s1. The molecule has 0 aromatic heterocycles. The van der Waals surface area contributed by atoms with E-state index >= 15 is 0 Å². The molecule has 0 radical (unpaired) electrons. The van der Waals surface area contributed by atoms with E-state index in [0.29, 0.717) is 11.0 Å². The first-order chi connectivity index (χ1) is 6.03. The van der Waals surface area contributed by atoms with Gasteiger partial charge in [0.05, 0.1) is 0 Å². The summed E-state index contributed by atoms with van der Waals surface area (Å²) < 4.78 is 0. The Bertz CT molecular complexity index is 242. The molecule has 1 nitrogen and oxygen atoms in total. The van der Waals surface area contributed by atoms with Crippen LogP contribution in [-0.4, -0.2) is 12.1 Å². The molecule has 0 spiro atoms. The van der Waals surface area contributed by atoms with Gasteiger partial charge in [0.2, 0.25) is 0 Å². The molecule has 0 saturated heterocycles. The Balaban J connectivity index is 2.29. The van der Waals surface area contributed by atoms with Gasteiger partial charge in [0.15, 0.2) is 0 Å². The molecule has 2 atom stereocenters. The van der Waals surface area contributed by atoms with Crippen LogP contribution in [0.2, 0.25) is 0 Å². The van der Waals surface area contributed by atoms with Crippen molar-refractivity contribution < 1.29 is 0 Å². The van der Waals surface area contributed by atoms with Crippen LogP contribution in [0, 0.1) is 11.3 Å². The van der Waals surface area contributed by atoms with Crippen LogP contribution >= 0.6 is 0 Å². The third kappa shape index (κ3) is 1.03. The van der Waals surface area contributed by atoms with Crippen LogP contribution in [0.15, 0.2) is 12.2 Å². The van der Waals surface area contributed by atoms with E-state index in [1.807, 2.05) is 0 Å². The maximum atomic E-state index is 4.32. The monoisotopic (exact) mass is 179 g/mol. The number of fused-ring (bicyclic) bond motifs is 2. The molecule has 74 valence electrons. The molecule has 0 aromatic rings. The average molecular weight is 179 g/mol. The van der Waals surface area contributed by atoms with E-state index in [0.717, 1.165) is 12.5 Å². The second-order valence-electron chi connectivity index (χ2n) is 5.25. The second kappa shape index (κ2) is 2.60. The van der Waals surface area contributed by atoms with E-state index in [1.165, 1.54) is 24.8 Å². The highest BCUT2D eigenvalue weighted by molar-refractivity contribution is 5.34. The van der Waals surface area contributed by atoms with E-state index < -0.39 is 0 Å². The summed E-state index contributed by atoms with van der Waals surface area (Å²) >= 11 is 0. The Kier molecular flexibility index (Phi) is 1.85. The van der Waals surface area contributed by atoms with E-state index in [9.17, 15) is 0 Å². The molecular formula is C12H21N. The third-order valence-corrected chi connectivity index (χ3v) is 4.41. The van der Waals surface area contributed by atoms with Crippen LogP contribution in [-0.2, 0) is 0 Å². The molecule has 2 aliphatic carbocycles. The Morgan fingerprint density at radius 2 is 2.23 bits per heavy atom. The van der Waals surface area contributed by atoms with Crippen molar-refractivity contribution in [1.29, 1.82) is 0 Å². The van der Waals surface area contributed by atoms with Gasteiger partial charge in [0, 0.05) is 5.54 Å². The van der Waals surface area contributed by atoms with E-state index in [1.54, 1.807) is 0 Å². The minimum absolute atomic E-state index is 0.308. The quantitative estimate of drug-likeness (QED) is 0.643. The molecular weight excluding hydrogens is 158 g/mol. The number of rotatable bonds is 2. The highest BCUT2D eigenvalue weighted by atomic mass is 15.0. The smallest absolute Gasteiger partial charge is 0.0399 e. The van der Waals surface area contributed by atoms with Crippen molar-refractivity contribution in [2.45, 2.75) is 45.6 Å². The fourth-order valence-electron chi connectivity index (χ4n) is 3.40. The SMILES string of the molecule is C=C1C(C)(C)[C@@H]2CC[C@@]1(NCC)C2. The molecule has 13 heavy (non-hydrogen) atoms. The Hall–Kier alpha value is -0.300. The van der Waals surface area contributed by atoms with Crippen molar-refractivity contribution in [2.24, 2.45) is 11.3 Å². The average Bonchev–Trinajstić information content (AvgIpc) is 2.55. The predicted octanol–water partition coefficient (Wildman–Crippen LogP) is 2.73. The Morgan fingerprint density at radius 1 is 1.54 bits per heavy atom. The van der Waals surface area contributed by atoms with Gasteiger partial charge in [-0.15, -0.1) is 0 Å². The summed E-state index contributed by atoms with van der Waals surface area (Å²) in [7, 11) is 0. The van der Waals surface area contributed by atoms with Gasteiger partial charge in [-0.3, -0.25) is 0 Å². The van der Waals surface area contributed by atoms with Crippen LogP contribution < -0.4 is 5.32 Å². The van der Waals surface area contributed by atoms with Gasteiger partial charge in [0.1, 0.15) is 0 Å². The lowest BCUT2D eigenvalue weighted by Gasteiger charge is -2.38. The topological polar surface area (TPSA) is 12.0 Å². The number of hydrogen-bond donors (Lipinski definition) is 1. The first kappa shape index (κ1) is 9.26. The zero-order chi connectivity index (χ0) is 9.69. The molecule has 0 unspecified atom stereocenters. The van der Waals surface area contributed by atoms with Crippen molar-refractivity contribution in [3.63, 3.8) is 0 Å². The Labute approximate surface area is 81.6 Å². The fraction of sp³-hybridized carbons (Fsp3) is 0.833. The molecule has 2 saturated carbocycles. The predicted molar refractivity (Wildman–Crippen MR) is 56.7 cm³/mol. The van der Waals surface area contributed by atoms with Gasteiger partial charge < -0.3 is 5.32 Å². The molecule has 2 aliphatic rings. The van der Waals surface area contributed by atoms with Gasteiger partial charge in [-0.1, -0.05) is 32.9 Å². The third-order valence-electron chi connectivity index (χ3n) is 4.41. The molecule has 1 heteroatoms. The summed E-state index contributed by atoms with van der Waals surface area (Å²) in [5.41, 5.74) is 2.14. The van der Waals surface area contributed by atoms with Crippen molar-refractivity contribution in [1.82, 2.24) is 5.32 Å². The maximum Gasteiger partial charge on any atom is 0.0399 e. The maximum absolute atomic E-state index is 4.32. The fourth-order valence-corrected chi connectivity index (χ4v) is 3.40. The molecule has 2 bridgehead atoms. The van der Waals surface area contributed by atoms with Gasteiger partial charge in [-0.05, 0) is 37.1 Å². The molecule has 0 aromatic carbocycles. The van der Waals surface area contributed by atoms with Gasteiger partial charge in [-0.25, -0.2) is 0 Å². The summed E-state index contributed by atoms with van der Waals surface area (Å²) in [6.45, 7) is 12.3. The molecule has 0 aliphatic heterocycles. The minimum atomic E-state index is 0.308. The first-order valence-corrected chi connectivity index (χ1v) is 5.48. The molecule has 2 fully saturated rings. The lowest BCUT2D eigenvalue weighted by atomic mass is 9.71. The zero-order valence-electron chi connectivity index (χ0n) is 9.11. The van der Waals surface area contributed by atoms with Crippen molar-refractivity contribution >= 4 is 0 Å². The van der Waals surface area contributed by atoms with Crippen LogP contribution in [0.4, 0.5) is 0 Å². The van der Waals surface area contributed by atoms with Gasteiger partial charge in [0.25, 0.3) is 0 Å². The van der Waals surface area contributed by atoms with Gasteiger partial charge >= 0.3 is 0 Å². The summed E-state index contributed by atoms with van der Waals surface area (Å²) in [5.74, 6) is 0.874. The Morgan fingerprint density at radius 3 is 2.69 bits per heavy atom. The molecule has 2 rings (SSSR count).